The number of carbonyl (C=O) groups excluding carboxylic acids is 1. The van der Waals surface area contributed by atoms with Gasteiger partial charge in [0.1, 0.15) is 5.75 Å². The van der Waals surface area contributed by atoms with Gasteiger partial charge in [-0.3, -0.25) is 10.1 Å². The van der Waals surface area contributed by atoms with Gasteiger partial charge in [-0.1, -0.05) is 42.9 Å². The quantitative estimate of drug-likeness (QED) is 0.698. The molecule has 0 spiro atoms. The number of nitrogens with zero attached hydrogens (tertiary/aromatic N) is 3. The average Bonchev–Trinajstić information content (AvgIpc) is 3.04. The normalized spacial score (nSPS) is 11.5. The fourth-order valence-electron chi connectivity index (χ4n) is 1.98. The van der Waals surface area contributed by atoms with Gasteiger partial charge < -0.3 is 4.74 Å². The molecule has 0 atom stereocenters. The van der Waals surface area contributed by atoms with E-state index in [2.05, 4.69) is 15.5 Å². The van der Waals surface area contributed by atoms with Gasteiger partial charge in [0.2, 0.25) is 9.47 Å². The number of aromatic nitrogens is 2. The maximum atomic E-state index is 12.3. The standard InChI is InChI=1S/C15H20N4O4S2/c1-4-19(5-2)25(21,22)15-18-17-14(24-15)16-13(20)10-23-12-8-6-11(3)7-9-12/h6-9H,4-5,10H2,1-3H3,(H,16,17,20). The average molecular weight is 384 g/mol. The van der Waals surface area contributed by atoms with Crippen LogP contribution in [0.2, 0.25) is 0 Å². The molecule has 136 valence electrons. The van der Waals surface area contributed by atoms with Crippen LogP contribution in [0.15, 0.2) is 28.6 Å². The molecule has 0 unspecified atom stereocenters. The number of sulfonamides is 1. The van der Waals surface area contributed by atoms with Crippen molar-refractivity contribution in [1.29, 1.82) is 0 Å². The minimum Gasteiger partial charge on any atom is -0.484 e. The van der Waals surface area contributed by atoms with Gasteiger partial charge in [-0.2, -0.15) is 4.31 Å². The fourth-order valence-corrected chi connectivity index (χ4v) is 4.49. The molecular weight excluding hydrogens is 364 g/mol. The number of ether oxygens (including phenoxy) is 1. The molecule has 8 nitrogen and oxygen atoms in total. The molecule has 1 aromatic heterocycles. The molecule has 1 heterocycles. The monoisotopic (exact) mass is 384 g/mol. The highest BCUT2D eigenvalue weighted by Gasteiger charge is 2.26. The van der Waals surface area contributed by atoms with Crippen LogP contribution in [0.3, 0.4) is 0 Å². The Morgan fingerprint density at radius 2 is 1.84 bits per heavy atom. The van der Waals surface area contributed by atoms with Crippen molar-refractivity contribution in [3.63, 3.8) is 0 Å². The molecule has 1 amide bonds. The van der Waals surface area contributed by atoms with E-state index >= 15 is 0 Å². The first-order valence-electron chi connectivity index (χ1n) is 7.69. The third-order valence-corrected chi connectivity index (χ3v) is 6.54. The van der Waals surface area contributed by atoms with Crippen molar-refractivity contribution < 1.29 is 17.9 Å². The van der Waals surface area contributed by atoms with Gasteiger partial charge in [-0.05, 0) is 19.1 Å². The van der Waals surface area contributed by atoms with Crippen molar-refractivity contribution in [2.75, 3.05) is 25.0 Å². The summed E-state index contributed by atoms with van der Waals surface area (Å²) in [5.41, 5.74) is 1.09. The lowest BCUT2D eigenvalue weighted by molar-refractivity contribution is -0.118. The topological polar surface area (TPSA) is 101 Å². The van der Waals surface area contributed by atoms with Gasteiger partial charge in [-0.25, -0.2) is 8.42 Å². The predicted octanol–water partition coefficient (Wildman–Crippen LogP) is 1.89. The van der Waals surface area contributed by atoms with Gasteiger partial charge in [0, 0.05) is 13.1 Å². The van der Waals surface area contributed by atoms with Crippen LogP contribution in [0, 0.1) is 6.92 Å². The summed E-state index contributed by atoms with van der Waals surface area (Å²) in [5, 5.41) is 9.99. The van der Waals surface area contributed by atoms with Crippen LogP contribution in [0.25, 0.3) is 0 Å². The Hall–Kier alpha value is -2.04. The van der Waals surface area contributed by atoms with E-state index in [0.717, 1.165) is 16.9 Å². The lowest BCUT2D eigenvalue weighted by Gasteiger charge is -2.15. The molecule has 0 fully saturated rings. The first-order chi connectivity index (χ1) is 11.9. The van der Waals surface area contributed by atoms with Crippen molar-refractivity contribution in [1.82, 2.24) is 14.5 Å². The number of carbonyl (C=O) groups is 1. The van der Waals surface area contributed by atoms with E-state index in [9.17, 15) is 13.2 Å². The summed E-state index contributed by atoms with van der Waals surface area (Å²) in [4.78, 5) is 11.9. The molecular formula is C15H20N4O4S2. The molecule has 1 aromatic carbocycles. The zero-order chi connectivity index (χ0) is 18.4. The maximum Gasteiger partial charge on any atom is 0.272 e. The number of anilines is 1. The SMILES string of the molecule is CCN(CC)S(=O)(=O)c1nnc(NC(=O)COc2ccc(C)cc2)s1. The van der Waals surface area contributed by atoms with Crippen molar-refractivity contribution in [3.8, 4) is 5.75 Å². The molecule has 25 heavy (non-hydrogen) atoms. The number of nitrogens with one attached hydrogen (secondary N) is 1. The second-order valence-electron chi connectivity index (χ2n) is 5.11. The van der Waals surface area contributed by atoms with Crippen LogP contribution in [0.5, 0.6) is 5.75 Å². The minimum absolute atomic E-state index is 0.114. The van der Waals surface area contributed by atoms with E-state index in [4.69, 9.17) is 4.74 Å². The number of hydrogen-bond donors (Lipinski definition) is 1. The zero-order valence-electron chi connectivity index (χ0n) is 14.2. The second kappa shape index (κ2) is 8.37. The Morgan fingerprint density at radius 1 is 1.20 bits per heavy atom. The van der Waals surface area contributed by atoms with Gasteiger partial charge in [0.25, 0.3) is 15.9 Å². The number of amides is 1. The van der Waals surface area contributed by atoms with Gasteiger partial charge in [0.15, 0.2) is 6.61 Å². The molecule has 0 aliphatic carbocycles. The molecule has 1 N–H and O–H groups in total. The largest absolute Gasteiger partial charge is 0.484 e. The summed E-state index contributed by atoms with van der Waals surface area (Å²) in [6.07, 6.45) is 0. The van der Waals surface area contributed by atoms with Crippen LogP contribution in [0.4, 0.5) is 5.13 Å². The Balaban J connectivity index is 1.96. The second-order valence-corrected chi connectivity index (χ2v) is 8.20. The third-order valence-electron chi connectivity index (χ3n) is 3.31. The summed E-state index contributed by atoms with van der Waals surface area (Å²) in [5.74, 6) is 0.131. The Labute approximate surface area is 150 Å². The molecule has 0 saturated carbocycles. The van der Waals surface area contributed by atoms with Gasteiger partial charge in [0.05, 0.1) is 0 Å². The Bertz CT molecular complexity index is 814. The highest BCUT2D eigenvalue weighted by atomic mass is 32.2. The van der Waals surface area contributed by atoms with Crippen LogP contribution >= 0.6 is 11.3 Å². The number of hydrogen-bond acceptors (Lipinski definition) is 7. The Morgan fingerprint density at radius 3 is 2.44 bits per heavy atom. The van der Waals surface area contributed by atoms with Gasteiger partial charge in [-0.15, -0.1) is 10.2 Å². The van der Waals surface area contributed by atoms with Crippen molar-refractivity contribution >= 4 is 32.4 Å². The molecule has 0 radical (unpaired) electrons. The molecule has 0 saturated heterocycles. The molecule has 10 heteroatoms. The van der Waals surface area contributed by atoms with Crippen LogP contribution in [-0.4, -0.2) is 48.5 Å². The summed E-state index contributed by atoms with van der Waals surface area (Å²) in [6.45, 7) is 5.91. The first kappa shape index (κ1) is 19.3. The van der Waals surface area contributed by atoms with E-state index in [-0.39, 0.29) is 16.1 Å². The van der Waals surface area contributed by atoms with Gasteiger partial charge >= 0.3 is 0 Å². The van der Waals surface area contributed by atoms with Crippen LogP contribution < -0.4 is 10.1 Å². The number of rotatable bonds is 8. The smallest absolute Gasteiger partial charge is 0.272 e. The molecule has 0 aliphatic heterocycles. The van der Waals surface area contributed by atoms with Crippen LogP contribution in [-0.2, 0) is 14.8 Å². The van der Waals surface area contributed by atoms with Crippen molar-refractivity contribution in [2.24, 2.45) is 0 Å². The summed E-state index contributed by atoms with van der Waals surface area (Å²) in [6, 6.07) is 7.29. The number of benzene rings is 1. The summed E-state index contributed by atoms with van der Waals surface area (Å²) in [7, 11) is -3.68. The minimum atomic E-state index is -3.68. The molecule has 2 rings (SSSR count). The van der Waals surface area contributed by atoms with Crippen molar-refractivity contribution in [2.45, 2.75) is 25.1 Å². The molecule has 2 aromatic rings. The van der Waals surface area contributed by atoms with E-state index in [1.54, 1.807) is 26.0 Å². The van der Waals surface area contributed by atoms with Crippen molar-refractivity contribution in [3.05, 3.63) is 29.8 Å². The maximum absolute atomic E-state index is 12.3. The number of aryl methyl sites for hydroxylation is 1. The summed E-state index contributed by atoms with van der Waals surface area (Å²) < 4.78 is 31.1. The first-order valence-corrected chi connectivity index (χ1v) is 9.95. The van der Waals surface area contributed by atoms with E-state index in [1.165, 1.54) is 4.31 Å². The Kier molecular flexibility index (Phi) is 6.45. The highest BCUT2D eigenvalue weighted by Crippen LogP contribution is 2.23. The summed E-state index contributed by atoms with van der Waals surface area (Å²) >= 11 is 0.811. The fraction of sp³-hybridized carbons (Fsp3) is 0.400. The highest BCUT2D eigenvalue weighted by molar-refractivity contribution is 7.91. The van der Waals surface area contributed by atoms with E-state index in [1.807, 2.05) is 19.1 Å². The van der Waals surface area contributed by atoms with E-state index < -0.39 is 15.9 Å². The third kappa shape index (κ3) is 4.97. The van der Waals surface area contributed by atoms with Crippen LogP contribution in [0.1, 0.15) is 19.4 Å². The lowest BCUT2D eigenvalue weighted by atomic mass is 10.2. The predicted molar refractivity (Wildman–Crippen MR) is 95.3 cm³/mol. The zero-order valence-corrected chi connectivity index (χ0v) is 15.9. The molecule has 0 aliphatic rings. The van der Waals surface area contributed by atoms with E-state index in [0.29, 0.717) is 18.8 Å². The molecule has 0 bridgehead atoms. The lowest BCUT2D eigenvalue weighted by Crippen LogP contribution is -2.30.